The highest BCUT2D eigenvalue weighted by molar-refractivity contribution is 7.98. The number of aromatic nitrogens is 2. The van der Waals surface area contributed by atoms with Gasteiger partial charge in [-0.05, 0) is 36.6 Å². The predicted molar refractivity (Wildman–Crippen MR) is 110 cm³/mol. The van der Waals surface area contributed by atoms with Gasteiger partial charge in [0.1, 0.15) is 11.7 Å². The number of amides is 2. The van der Waals surface area contributed by atoms with Gasteiger partial charge in [-0.15, -0.1) is 11.3 Å². The molecule has 0 radical (unpaired) electrons. The van der Waals surface area contributed by atoms with Crippen LogP contribution in [0.2, 0.25) is 0 Å². The van der Waals surface area contributed by atoms with Crippen molar-refractivity contribution in [2.24, 2.45) is 0 Å². The zero-order chi connectivity index (χ0) is 20.1. The molecule has 8 nitrogen and oxygen atoms in total. The van der Waals surface area contributed by atoms with Gasteiger partial charge in [-0.2, -0.15) is 11.8 Å². The second kappa shape index (κ2) is 8.89. The summed E-state index contributed by atoms with van der Waals surface area (Å²) in [6, 6.07) is 6.08. The van der Waals surface area contributed by atoms with E-state index in [2.05, 4.69) is 20.6 Å². The highest BCUT2D eigenvalue weighted by Gasteiger charge is 2.22. The summed E-state index contributed by atoms with van der Waals surface area (Å²) in [6.07, 6.45) is 5.06. The first-order chi connectivity index (χ1) is 13.5. The van der Waals surface area contributed by atoms with Crippen molar-refractivity contribution in [1.29, 1.82) is 0 Å². The Bertz CT molecular complexity index is 1000. The van der Waals surface area contributed by atoms with Crippen molar-refractivity contribution in [3.63, 3.8) is 0 Å². The minimum Gasteiger partial charge on any atom is -0.480 e. The Morgan fingerprint density at radius 3 is 2.82 bits per heavy atom. The lowest BCUT2D eigenvalue weighted by molar-refractivity contribution is -0.139. The van der Waals surface area contributed by atoms with Gasteiger partial charge < -0.3 is 20.7 Å². The molecule has 0 aliphatic carbocycles. The molecule has 0 unspecified atom stereocenters. The second-order valence-electron chi connectivity index (χ2n) is 5.89. The third kappa shape index (κ3) is 4.52. The quantitative estimate of drug-likeness (QED) is 0.446. The molecular formula is C18H18N4O4S2. The highest BCUT2D eigenvalue weighted by Crippen LogP contribution is 2.31. The monoisotopic (exact) mass is 418 g/mol. The molecular weight excluding hydrogens is 400 g/mol. The van der Waals surface area contributed by atoms with Gasteiger partial charge in [0.05, 0.1) is 17.4 Å². The van der Waals surface area contributed by atoms with E-state index in [1.54, 1.807) is 18.2 Å². The lowest BCUT2D eigenvalue weighted by Crippen LogP contribution is -2.40. The van der Waals surface area contributed by atoms with Gasteiger partial charge in [0.15, 0.2) is 0 Å². The number of aliphatic carboxylic acids is 1. The van der Waals surface area contributed by atoms with Gasteiger partial charge in [0.25, 0.3) is 11.8 Å². The molecule has 0 spiro atoms. The minimum atomic E-state index is -1.06. The number of carboxylic acids is 1. The molecule has 0 fully saturated rings. The molecule has 28 heavy (non-hydrogen) atoms. The Morgan fingerprint density at radius 1 is 1.32 bits per heavy atom. The molecule has 2 amide bonds. The van der Waals surface area contributed by atoms with Crippen LogP contribution in [0.5, 0.6) is 0 Å². The normalized spacial score (nSPS) is 11.9. The van der Waals surface area contributed by atoms with Gasteiger partial charge in [-0.25, -0.2) is 9.78 Å². The Hall–Kier alpha value is -2.85. The van der Waals surface area contributed by atoms with Crippen LogP contribution in [0.1, 0.15) is 26.6 Å². The van der Waals surface area contributed by atoms with E-state index in [1.165, 1.54) is 35.6 Å². The number of rotatable bonds is 8. The molecule has 0 saturated carbocycles. The summed E-state index contributed by atoms with van der Waals surface area (Å²) in [5.74, 6) is -1.21. The van der Waals surface area contributed by atoms with Crippen molar-refractivity contribution in [3.05, 3.63) is 47.4 Å². The molecule has 2 heterocycles. The van der Waals surface area contributed by atoms with E-state index in [0.29, 0.717) is 33.8 Å². The molecule has 1 aromatic carbocycles. The summed E-state index contributed by atoms with van der Waals surface area (Å²) in [5, 5.41) is 15.4. The van der Waals surface area contributed by atoms with Gasteiger partial charge in [-0.1, -0.05) is 6.07 Å². The molecule has 10 heteroatoms. The molecule has 1 atom stereocenters. The number of thioether (sulfide) groups is 1. The van der Waals surface area contributed by atoms with Gasteiger partial charge in [0.2, 0.25) is 0 Å². The number of benzene rings is 1. The number of hydrogen-bond donors (Lipinski definition) is 4. The third-order valence-electron chi connectivity index (χ3n) is 3.99. The number of aromatic amines is 1. The Kier molecular flexibility index (Phi) is 6.32. The number of fused-ring (bicyclic) bond motifs is 1. The molecule has 0 aliphatic heterocycles. The molecule has 2 aromatic heterocycles. The molecule has 4 N–H and O–H groups in total. The van der Waals surface area contributed by atoms with Crippen molar-refractivity contribution in [3.8, 4) is 0 Å². The van der Waals surface area contributed by atoms with Crippen molar-refractivity contribution in [2.75, 3.05) is 17.3 Å². The maximum absolute atomic E-state index is 12.5. The Morgan fingerprint density at radius 2 is 2.14 bits per heavy atom. The average Bonchev–Trinajstić information content (AvgIpc) is 3.34. The van der Waals surface area contributed by atoms with E-state index < -0.39 is 17.9 Å². The topological polar surface area (TPSA) is 124 Å². The number of H-pyrrole nitrogens is 1. The molecule has 3 aromatic rings. The zero-order valence-electron chi connectivity index (χ0n) is 14.9. The number of carbonyl (C=O) groups is 3. The largest absolute Gasteiger partial charge is 0.480 e. The summed E-state index contributed by atoms with van der Waals surface area (Å²) >= 11 is 2.76. The maximum atomic E-state index is 12.5. The number of nitrogens with zero attached hydrogens (tertiary/aromatic N) is 1. The van der Waals surface area contributed by atoms with E-state index in [9.17, 15) is 19.5 Å². The predicted octanol–water partition coefficient (Wildman–Crippen LogP) is 2.81. The first-order valence-electron chi connectivity index (χ1n) is 8.34. The highest BCUT2D eigenvalue weighted by atomic mass is 32.2. The third-order valence-corrected chi connectivity index (χ3v) is 5.73. The Labute approximate surface area is 168 Å². The maximum Gasteiger partial charge on any atom is 0.326 e. The number of anilines is 1. The molecule has 146 valence electrons. The van der Waals surface area contributed by atoms with Crippen molar-refractivity contribution >= 4 is 56.7 Å². The standard InChI is InChI=1S/C18H18N4O4S2/c1-27-6-5-12(18(25)26)22-17(24)15-7-10-11(3-2-4-14(10)28-15)21-16(23)13-8-19-9-20-13/h2-4,7-9,12H,5-6H2,1H3,(H,19,20)(H,21,23)(H,22,24)(H,25,26)/t12-/m0/s1. The van der Waals surface area contributed by atoms with Gasteiger partial charge in [0, 0.05) is 15.8 Å². The van der Waals surface area contributed by atoms with Crippen LogP contribution in [-0.4, -0.2) is 50.9 Å². The van der Waals surface area contributed by atoms with Crippen LogP contribution < -0.4 is 10.6 Å². The lowest BCUT2D eigenvalue weighted by atomic mass is 10.2. The number of hydrogen-bond acceptors (Lipinski definition) is 6. The van der Waals surface area contributed by atoms with Crippen LogP contribution in [0.15, 0.2) is 36.8 Å². The number of thiophene rings is 1. The van der Waals surface area contributed by atoms with Gasteiger partial charge in [-0.3, -0.25) is 9.59 Å². The van der Waals surface area contributed by atoms with E-state index in [1.807, 2.05) is 12.3 Å². The van der Waals surface area contributed by atoms with Crippen molar-refractivity contribution in [1.82, 2.24) is 15.3 Å². The molecule has 0 saturated heterocycles. The van der Waals surface area contributed by atoms with E-state index in [0.717, 1.165) is 4.70 Å². The average molecular weight is 419 g/mol. The SMILES string of the molecule is CSCC[C@H](NC(=O)c1cc2c(NC(=O)c3cnc[nH]3)cccc2s1)C(=O)O. The van der Waals surface area contributed by atoms with Crippen molar-refractivity contribution in [2.45, 2.75) is 12.5 Å². The Balaban J connectivity index is 1.81. The van der Waals surface area contributed by atoms with Gasteiger partial charge >= 0.3 is 5.97 Å². The zero-order valence-corrected chi connectivity index (χ0v) is 16.5. The van der Waals surface area contributed by atoms with Crippen LogP contribution in [-0.2, 0) is 4.79 Å². The fourth-order valence-electron chi connectivity index (χ4n) is 2.57. The fraction of sp³-hybridized carbons (Fsp3) is 0.222. The number of carboxylic acid groups (broad SMARTS) is 1. The molecule has 0 aliphatic rings. The smallest absolute Gasteiger partial charge is 0.326 e. The van der Waals surface area contributed by atoms with Crippen LogP contribution in [0, 0.1) is 0 Å². The van der Waals surface area contributed by atoms with E-state index in [-0.39, 0.29) is 5.91 Å². The van der Waals surface area contributed by atoms with Crippen LogP contribution in [0.25, 0.3) is 10.1 Å². The molecule has 0 bridgehead atoms. The number of imidazole rings is 1. The van der Waals surface area contributed by atoms with Crippen LogP contribution in [0.4, 0.5) is 5.69 Å². The van der Waals surface area contributed by atoms with Crippen LogP contribution >= 0.6 is 23.1 Å². The first-order valence-corrected chi connectivity index (χ1v) is 10.6. The summed E-state index contributed by atoms with van der Waals surface area (Å²) in [5.41, 5.74) is 0.882. The summed E-state index contributed by atoms with van der Waals surface area (Å²) in [7, 11) is 0. The molecule has 3 rings (SSSR count). The van der Waals surface area contributed by atoms with Crippen LogP contribution in [0.3, 0.4) is 0 Å². The fourth-order valence-corrected chi connectivity index (χ4v) is 4.04. The minimum absolute atomic E-state index is 0.322. The number of nitrogens with one attached hydrogen (secondary N) is 3. The van der Waals surface area contributed by atoms with E-state index >= 15 is 0 Å². The summed E-state index contributed by atoms with van der Waals surface area (Å²) in [4.78, 5) is 43.1. The number of carbonyl (C=O) groups excluding carboxylic acids is 2. The van der Waals surface area contributed by atoms with E-state index in [4.69, 9.17) is 0 Å². The lowest BCUT2D eigenvalue weighted by Gasteiger charge is -2.12. The first kappa shape index (κ1) is 19.9. The summed E-state index contributed by atoms with van der Waals surface area (Å²) < 4.78 is 0.809. The van der Waals surface area contributed by atoms with Crippen molar-refractivity contribution < 1.29 is 19.5 Å². The summed E-state index contributed by atoms with van der Waals surface area (Å²) in [6.45, 7) is 0. The second-order valence-corrected chi connectivity index (χ2v) is 7.96.